The number of benzene rings is 2. The summed E-state index contributed by atoms with van der Waals surface area (Å²) in [5.74, 6) is -0.514. The van der Waals surface area contributed by atoms with Crippen molar-refractivity contribution in [2.45, 2.75) is 29.9 Å². The number of aryl methyl sites for hydroxylation is 2. The number of nitriles is 1. The largest absolute Gasteiger partial charge is 0.395 e. The Bertz CT molecular complexity index is 895. The minimum absolute atomic E-state index is 0.195. The van der Waals surface area contributed by atoms with E-state index in [1.807, 2.05) is 38.1 Å². The standard InChI is InChI=1S/C19H19NO3S/c1-13-3-7-15(8-4-13)17-18(19(17,11-20)12-21)24(22,23)16-9-5-14(2)6-10-16/h3-10,17-18,21H,12H2,1-2H3/t17-,18-,19-/m0/s1. The summed E-state index contributed by atoms with van der Waals surface area (Å²) in [5.41, 5.74) is 1.52. The average Bonchev–Trinajstić information content (AvgIpc) is 3.26. The van der Waals surface area contributed by atoms with Gasteiger partial charge in [-0.3, -0.25) is 0 Å². The van der Waals surface area contributed by atoms with Gasteiger partial charge in [0.05, 0.1) is 22.8 Å². The summed E-state index contributed by atoms with van der Waals surface area (Å²) < 4.78 is 26.1. The van der Waals surface area contributed by atoms with Crippen molar-refractivity contribution in [2.75, 3.05) is 6.61 Å². The zero-order valence-electron chi connectivity index (χ0n) is 13.6. The summed E-state index contributed by atoms with van der Waals surface area (Å²) in [6, 6.07) is 16.1. The predicted octanol–water partition coefficient (Wildman–Crippen LogP) is 2.75. The number of sulfone groups is 1. The van der Waals surface area contributed by atoms with Crippen molar-refractivity contribution in [3.63, 3.8) is 0 Å². The van der Waals surface area contributed by atoms with E-state index in [9.17, 15) is 18.8 Å². The van der Waals surface area contributed by atoms with E-state index in [1.54, 1.807) is 24.3 Å². The molecule has 0 radical (unpaired) electrons. The molecule has 2 aromatic rings. The Labute approximate surface area is 142 Å². The maximum atomic E-state index is 13.0. The van der Waals surface area contributed by atoms with Crippen LogP contribution in [0.2, 0.25) is 0 Å². The van der Waals surface area contributed by atoms with Gasteiger partial charge < -0.3 is 5.11 Å². The normalized spacial score (nSPS) is 25.9. The second kappa shape index (κ2) is 5.73. The number of aliphatic hydroxyl groups excluding tert-OH is 1. The topological polar surface area (TPSA) is 78.2 Å². The van der Waals surface area contributed by atoms with E-state index >= 15 is 0 Å². The van der Waals surface area contributed by atoms with Gasteiger partial charge in [0.1, 0.15) is 5.41 Å². The van der Waals surface area contributed by atoms with Crippen LogP contribution in [-0.2, 0) is 9.84 Å². The van der Waals surface area contributed by atoms with Crippen molar-refractivity contribution in [2.24, 2.45) is 5.41 Å². The fourth-order valence-corrected chi connectivity index (χ4v) is 5.65. The van der Waals surface area contributed by atoms with Crippen LogP contribution < -0.4 is 0 Å². The summed E-state index contributed by atoms with van der Waals surface area (Å²) in [6.07, 6.45) is 0. The lowest BCUT2D eigenvalue weighted by molar-refractivity contribution is 0.242. The van der Waals surface area contributed by atoms with Crippen LogP contribution in [0.5, 0.6) is 0 Å². The van der Waals surface area contributed by atoms with E-state index < -0.39 is 33.0 Å². The van der Waals surface area contributed by atoms with Crippen molar-refractivity contribution < 1.29 is 13.5 Å². The van der Waals surface area contributed by atoms with Gasteiger partial charge in [0.2, 0.25) is 0 Å². The number of aliphatic hydroxyl groups is 1. The highest BCUT2D eigenvalue weighted by molar-refractivity contribution is 7.92. The molecule has 4 nitrogen and oxygen atoms in total. The van der Waals surface area contributed by atoms with Gasteiger partial charge in [-0.1, -0.05) is 47.5 Å². The molecule has 0 unspecified atom stereocenters. The minimum atomic E-state index is -3.70. The average molecular weight is 341 g/mol. The highest BCUT2D eigenvalue weighted by Crippen LogP contribution is 2.63. The van der Waals surface area contributed by atoms with Crippen LogP contribution in [0.4, 0.5) is 0 Å². The molecule has 1 aliphatic carbocycles. The molecule has 1 N–H and O–H groups in total. The first-order valence-electron chi connectivity index (χ1n) is 7.76. The van der Waals surface area contributed by atoms with Crippen LogP contribution in [-0.4, -0.2) is 25.4 Å². The van der Waals surface area contributed by atoms with Crippen molar-refractivity contribution in [1.29, 1.82) is 5.26 Å². The van der Waals surface area contributed by atoms with Crippen molar-refractivity contribution in [3.8, 4) is 6.07 Å². The lowest BCUT2D eigenvalue weighted by Gasteiger charge is -2.06. The van der Waals surface area contributed by atoms with Crippen LogP contribution >= 0.6 is 0 Å². The Kier molecular flexibility index (Phi) is 3.98. The Morgan fingerprint density at radius 2 is 1.54 bits per heavy atom. The fourth-order valence-electron chi connectivity index (χ4n) is 3.34. The van der Waals surface area contributed by atoms with Gasteiger partial charge in [0, 0.05) is 5.92 Å². The molecule has 1 aliphatic rings. The van der Waals surface area contributed by atoms with Gasteiger partial charge in [-0.25, -0.2) is 8.42 Å². The minimum Gasteiger partial charge on any atom is -0.395 e. The second-order valence-corrected chi connectivity index (χ2v) is 8.55. The molecule has 2 aromatic carbocycles. The van der Waals surface area contributed by atoms with Gasteiger partial charge in [-0.15, -0.1) is 0 Å². The molecule has 1 saturated carbocycles. The zero-order valence-corrected chi connectivity index (χ0v) is 14.4. The van der Waals surface area contributed by atoms with Crippen molar-refractivity contribution in [3.05, 3.63) is 65.2 Å². The Balaban J connectivity index is 2.06. The third-order valence-corrected chi connectivity index (χ3v) is 7.14. The highest BCUT2D eigenvalue weighted by Gasteiger charge is 2.72. The summed E-state index contributed by atoms with van der Waals surface area (Å²) in [7, 11) is -3.70. The maximum absolute atomic E-state index is 13.0. The number of rotatable bonds is 4. The van der Waals surface area contributed by atoms with Crippen molar-refractivity contribution >= 4 is 9.84 Å². The van der Waals surface area contributed by atoms with Crippen LogP contribution in [0.25, 0.3) is 0 Å². The Hall–Kier alpha value is -2.16. The van der Waals surface area contributed by atoms with Crippen LogP contribution in [0.1, 0.15) is 22.6 Å². The van der Waals surface area contributed by atoms with E-state index in [1.165, 1.54) is 0 Å². The number of nitrogens with zero attached hydrogens (tertiary/aromatic N) is 1. The van der Waals surface area contributed by atoms with Gasteiger partial charge in [0.15, 0.2) is 9.84 Å². The third kappa shape index (κ3) is 2.43. The van der Waals surface area contributed by atoms with Crippen LogP contribution in [0.15, 0.2) is 53.4 Å². The molecule has 3 rings (SSSR count). The first-order valence-corrected chi connectivity index (χ1v) is 9.30. The predicted molar refractivity (Wildman–Crippen MR) is 91.2 cm³/mol. The molecule has 0 aliphatic heterocycles. The maximum Gasteiger partial charge on any atom is 0.183 e. The van der Waals surface area contributed by atoms with E-state index in [-0.39, 0.29) is 4.90 Å². The van der Waals surface area contributed by atoms with Gasteiger partial charge in [-0.05, 0) is 31.5 Å². The lowest BCUT2D eigenvalue weighted by atomic mass is 10.0. The smallest absolute Gasteiger partial charge is 0.183 e. The van der Waals surface area contributed by atoms with E-state index in [0.717, 1.165) is 16.7 Å². The first kappa shape index (κ1) is 16.7. The molecule has 5 heteroatoms. The van der Waals surface area contributed by atoms with E-state index in [4.69, 9.17) is 0 Å². The number of hydrogen-bond acceptors (Lipinski definition) is 4. The summed E-state index contributed by atoms with van der Waals surface area (Å²) >= 11 is 0. The van der Waals surface area contributed by atoms with Gasteiger partial charge in [-0.2, -0.15) is 5.26 Å². The Morgan fingerprint density at radius 3 is 2.00 bits per heavy atom. The molecular formula is C19H19NO3S. The SMILES string of the molecule is Cc1ccc([C@H]2[C@H](S(=O)(=O)c3ccc(C)cc3)[C@@]2(C#N)CO)cc1. The summed E-state index contributed by atoms with van der Waals surface area (Å²) in [6.45, 7) is 3.36. The molecule has 0 saturated heterocycles. The van der Waals surface area contributed by atoms with Crippen LogP contribution in [0.3, 0.4) is 0 Å². The molecule has 0 amide bonds. The monoisotopic (exact) mass is 341 g/mol. The number of hydrogen-bond donors (Lipinski definition) is 1. The summed E-state index contributed by atoms with van der Waals surface area (Å²) in [4.78, 5) is 0.195. The van der Waals surface area contributed by atoms with Crippen LogP contribution in [0, 0.1) is 30.6 Å². The van der Waals surface area contributed by atoms with Crippen molar-refractivity contribution in [1.82, 2.24) is 0 Å². The molecule has 124 valence electrons. The molecule has 3 atom stereocenters. The molecular weight excluding hydrogens is 322 g/mol. The lowest BCUT2D eigenvalue weighted by Crippen LogP contribution is -2.18. The quantitative estimate of drug-likeness (QED) is 0.927. The Morgan fingerprint density at radius 1 is 1.04 bits per heavy atom. The van der Waals surface area contributed by atoms with E-state index in [2.05, 4.69) is 6.07 Å². The summed E-state index contributed by atoms with van der Waals surface area (Å²) in [5, 5.41) is 18.4. The zero-order chi connectivity index (χ0) is 17.5. The van der Waals surface area contributed by atoms with Gasteiger partial charge in [0.25, 0.3) is 0 Å². The molecule has 0 spiro atoms. The fraction of sp³-hybridized carbons (Fsp3) is 0.316. The van der Waals surface area contributed by atoms with Gasteiger partial charge >= 0.3 is 0 Å². The first-order chi connectivity index (χ1) is 11.4. The third-order valence-electron chi connectivity index (χ3n) is 4.85. The second-order valence-electron chi connectivity index (χ2n) is 6.48. The molecule has 0 heterocycles. The molecule has 0 bridgehead atoms. The van der Waals surface area contributed by atoms with E-state index in [0.29, 0.717) is 0 Å². The highest BCUT2D eigenvalue weighted by atomic mass is 32.2. The molecule has 24 heavy (non-hydrogen) atoms. The molecule has 1 fully saturated rings. The molecule has 0 aromatic heterocycles.